The smallest absolute Gasteiger partial charge is 0.321 e. The van der Waals surface area contributed by atoms with Crippen molar-refractivity contribution in [3.8, 4) is 23.0 Å². The van der Waals surface area contributed by atoms with Crippen molar-refractivity contribution in [3.05, 3.63) is 114 Å². The van der Waals surface area contributed by atoms with Crippen LogP contribution in [0.4, 0.5) is 10.5 Å². The summed E-state index contributed by atoms with van der Waals surface area (Å²) in [5.74, 6) is 2.24. The van der Waals surface area contributed by atoms with Gasteiger partial charge in [-0.15, -0.1) is 0 Å². The third-order valence-corrected chi connectivity index (χ3v) is 6.81. The van der Waals surface area contributed by atoms with E-state index in [1.54, 1.807) is 43.4 Å². The minimum atomic E-state index is -0.325. The molecule has 1 aliphatic heterocycles. The Kier molecular flexibility index (Phi) is 8.15. The molecule has 4 aromatic rings. The van der Waals surface area contributed by atoms with Crippen molar-refractivity contribution in [3.63, 3.8) is 0 Å². The standard InChI is InChI=1S/C32H31N3O5/c1-38-29-17-16-24(20-30(29)39-2)31(36)35-19-18-34(22-28(35)23-10-5-3-6-11-23)32(37)33-25-12-9-15-27(21-25)40-26-13-7-4-8-14-26/h3-17,20-21,28H,18-19,22H2,1-2H3,(H,33,37). The fraction of sp³-hybridized carbons (Fsp3) is 0.188. The molecule has 1 fully saturated rings. The number of benzene rings is 4. The number of carbonyl (C=O) groups is 2. The molecule has 1 atom stereocenters. The zero-order valence-electron chi connectivity index (χ0n) is 22.4. The number of carbonyl (C=O) groups excluding carboxylic acids is 2. The Morgan fingerprint density at radius 2 is 1.45 bits per heavy atom. The van der Waals surface area contributed by atoms with Gasteiger partial charge in [0.2, 0.25) is 0 Å². The Morgan fingerprint density at radius 3 is 2.17 bits per heavy atom. The van der Waals surface area contributed by atoms with Gasteiger partial charge >= 0.3 is 6.03 Å². The molecule has 0 saturated carbocycles. The van der Waals surface area contributed by atoms with Crippen molar-refractivity contribution in [1.82, 2.24) is 9.80 Å². The molecule has 1 saturated heterocycles. The fourth-order valence-corrected chi connectivity index (χ4v) is 4.77. The summed E-state index contributed by atoms with van der Waals surface area (Å²) in [5, 5.41) is 2.99. The van der Waals surface area contributed by atoms with E-state index < -0.39 is 0 Å². The number of nitrogens with zero attached hydrogens (tertiary/aromatic N) is 2. The van der Waals surface area contributed by atoms with Gasteiger partial charge in [-0.05, 0) is 48.0 Å². The third kappa shape index (κ3) is 6.02. The Morgan fingerprint density at radius 1 is 0.750 bits per heavy atom. The summed E-state index contributed by atoms with van der Waals surface area (Å²) in [6.07, 6.45) is 0. The summed E-state index contributed by atoms with van der Waals surface area (Å²) in [4.78, 5) is 30.6. The first-order valence-electron chi connectivity index (χ1n) is 13.0. The summed E-state index contributed by atoms with van der Waals surface area (Å²) in [6.45, 7) is 1.10. The first kappa shape index (κ1) is 26.6. The molecule has 8 nitrogen and oxygen atoms in total. The molecule has 5 rings (SSSR count). The van der Waals surface area contributed by atoms with Crippen LogP contribution >= 0.6 is 0 Å². The van der Waals surface area contributed by atoms with Crippen LogP contribution in [0, 0.1) is 0 Å². The molecular weight excluding hydrogens is 506 g/mol. The van der Waals surface area contributed by atoms with Crippen LogP contribution in [0.5, 0.6) is 23.0 Å². The monoisotopic (exact) mass is 537 g/mol. The highest BCUT2D eigenvalue weighted by Gasteiger charge is 2.34. The van der Waals surface area contributed by atoms with Gasteiger partial charge in [-0.3, -0.25) is 4.79 Å². The summed E-state index contributed by atoms with van der Waals surface area (Å²) in [6, 6.07) is 31.1. The Hall–Kier alpha value is -4.98. The van der Waals surface area contributed by atoms with Crippen molar-refractivity contribution >= 4 is 17.6 Å². The van der Waals surface area contributed by atoms with Crippen LogP contribution in [-0.4, -0.2) is 55.6 Å². The Bertz CT molecular complexity index is 1460. The van der Waals surface area contributed by atoms with Crippen molar-refractivity contribution < 1.29 is 23.8 Å². The average Bonchev–Trinajstić information content (AvgIpc) is 3.01. The van der Waals surface area contributed by atoms with Gasteiger partial charge in [0.25, 0.3) is 5.91 Å². The molecule has 1 heterocycles. The Balaban J connectivity index is 1.33. The van der Waals surface area contributed by atoms with Gasteiger partial charge in [0.15, 0.2) is 11.5 Å². The second-order valence-electron chi connectivity index (χ2n) is 9.31. The van der Waals surface area contributed by atoms with Crippen LogP contribution in [0.1, 0.15) is 22.0 Å². The first-order chi connectivity index (χ1) is 19.6. The highest BCUT2D eigenvalue weighted by atomic mass is 16.5. The summed E-state index contributed by atoms with van der Waals surface area (Å²) >= 11 is 0. The molecule has 0 aliphatic carbocycles. The number of anilines is 1. The maximum Gasteiger partial charge on any atom is 0.321 e. The quantitative estimate of drug-likeness (QED) is 0.302. The molecular formula is C32H31N3O5. The number of methoxy groups -OCH3 is 2. The molecule has 1 unspecified atom stereocenters. The lowest BCUT2D eigenvalue weighted by Crippen LogP contribution is -2.53. The average molecular weight is 538 g/mol. The van der Waals surface area contributed by atoms with Gasteiger partial charge in [0, 0.05) is 37.0 Å². The number of amides is 3. The number of rotatable bonds is 7. The van der Waals surface area contributed by atoms with Crippen LogP contribution in [0.3, 0.4) is 0 Å². The second-order valence-corrected chi connectivity index (χ2v) is 9.31. The van der Waals surface area contributed by atoms with Crippen LogP contribution in [-0.2, 0) is 0 Å². The number of ether oxygens (including phenoxy) is 3. The van der Waals surface area contributed by atoms with E-state index in [9.17, 15) is 9.59 Å². The fourth-order valence-electron chi connectivity index (χ4n) is 4.77. The highest BCUT2D eigenvalue weighted by molar-refractivity contribution is 5.96. The molecule has 204 valence electrons. The molecule has 1 N–H and O–H groups in total. The van der Waals surface area contributed by atoms with E-state index in [1.165, 1.54) is 0 Å². The maximum absolute atomic E-state index is 13.7. The largest absolute Gasteiger partial charge is 0.493 e. The minimum Gasteiger partial charge on any atom is -0.493 e. The molecule has 3 amide bonds. The third-order valence-electron chi connectivity index (χ3n) is 6.81. The molecule has 0 bridgehead atoms. The van der Waals surface area contributed by atoms with E-state index in [1.807, 2.05) is 83.8 Å². The molecule has 0 spiro atoms. The summed E-state index contributed by atoms with van der Waals surface area (Å²) < 4.78 is 16.6. The van der Waals surface area contributed by atoms with Gasteiger partial charge in [0.05, 0.1) is 20.3 Å². The molecule has 4 aromatic carbocycles. The van der Waals surface area contributed by atoms with Gasteiger partial charge in [-0.1, -0.05) is 54.6 Å². The van der Waals surface area contributed by atoms with Crippen molar-refractivity contribution in [2.45, 2.75) is 6.04 Å². The molecule has 1 aliphatic rings. The first-order valence-corrected chi connectivity index (χ1v) is 13.0. The van der Waals surface area contributed by atoms with E-state index in [-0.39, 0.29) is 18.0 Å². The molecule has 8 heteroatoms. The van der Waals surface area contributed by atoms with Gasteiger partial charge < -0.3 is 29.3 Å². The van der Waals surface area contributed by atoms with Crippen LogP contribution in [0.2, 0.25) is 0 Å². The van der Waals surface area contributed by atoms with E-state index >= 15 is 0 Å². The van der Waals surface area contributed by atoms with E-state index in [2.05, 4.69) is 5.32 Å². The minimum absolute atomic E-state index is 0.138. The number of piperazine rings is 1. The number of para-hydroxylation sites is 1. The SMILES string of the molecule is COc1ccc(C(=O)N2CCN(C(=O)Nc3cccc(Oc4ccccc4)c3)CC2c2ccccc2)cc1OC. The van der Waals surface area contributed by atoms with Crippen molar-refractivity contribution in [2.24, 2.45) is 0 Å². The molecule has 40 heavy (non-hydrogen) atoms. The van der Waals surface area contributed by atoms with E-state index in [4.69, 9.17) is 14.2 Å². The van der Waals surface area contributed by atoms with Crippen LogP contribution < -0.4 is 19.5 Å². The number of hydrogen-bond donors (Lipinski definition) is 1. The normalized spacial score (nSPS) is 14.8. The predicted molar refractivity (Wildman–Crippen MR) is 153 cm³/mol. The van der Waals surface area contributed by atoms with Crippen molar-refractivity contribution in [2.75, 3.05) is 39.2 Å². The molecule has 0 aromatic heterocycles. The van der Waals surface area contributed by atoms with Crippen LogP contribution in [0.25, 0.3) is 0 Å². The maximum atomic E-state index is 13.7. The number of urea groups is 1. The van der Waals surface area contributed by atoms with Crippen molar-refractivity contribution in [1.29, 1.82) is 0 Å². The van der Waals surface area contributed by atoms with Gasteiger partial charge in [-0.2, -0.15) is 0 Å². The summed E-state index contributed by atoms with van der Waals surface area (Å²) in [5.41, 5.74) is 2.07. The number of hydrogen-bond acceptors (Lipinski definition) is 5. The summed E-state index contributed by atoms with van der Waals surface area (Å²) in [7, 11) is 3.10. The second kappa shape index (κ2) is 12.3. The van der Waals surface area contributed by atoms with E-state index in [0.717, 1.165) is 5.56 Å². The molecule has 0 radical (unpaired) electrons. The Labute approximate surface area is 233 Å². The lowest BCUT2D eigenvalue weighted by Gasteiger charge is -2.41. The number of nitrogens with one attached hydrogen (secondary N) is 1. The van der Waals surface area contributed by atoms with Gasteiger partial charge in [-0.25, -0.2) is 4.79 Å². The lowest BCUT2D eigenvalue weighted by atomic mass is 10.0. The lowest BCUT2D eigenvalue weighted by molar-refractivity contribution is 0.0516. The van der Waals surface area contributed by atoms with Crippen LogP contribution in [0.15, 0.2) is 103 Å². The highest BCUT2D eigenvalue weighted by Crippen LogP contribution is 2.32. The zero-order chi connectivity index (χ0) is 27.9. The van der Waals surface area contributed by atoms with E-state index in [0.29, 0.717) is 53.9 Å². The van der Waals surface area contributed by atoms with Gasteiger partial charge in [0.1, 0.15) is 11.5 Å². The predicted octanol–water partition coefficient (Wildman–Crippen LogP) is 6.23. The topological polar surface area (TPSA) is 80.3 Å². The zero-order valence-corrected chi connectivity index (χ0v) is 22.4.